The Hall–Kier alpha value is -1.91. The zero-order valence-electron chi connectivity index (χ0n) is 11.2. The first-order valence-electron chi connectivity index (χ1n) is 6.46. The SMILES string of the molecule is C[C@H](O)c1cccc(F)c1Oc1ccc(CCO)cc1. The lowest BCUT2D eigenvalue weighted by molar-refractivity contribution is 0.194. The summed E-state index contributed by atoms with van der Waals surface area (Å²) in [6.07, 6.45) is -0.242. The van der Waals surface area contributed by atoms with Crippen LogP contribution in [0, 0.1) is 5.82 Å². The molecule has 2 aromatic carbocycles. The molecule has 0 bridgehead atoms. The van der Waals surface area contributed by atoms with Crippen molar-refractivity contribution < 1.29 is 19.3 Å². The fourth-order valence-electron chi connectivity index (χ4n) is 1.93. The van der Waals surface area contributed by atoms with Gasteiger partial charge in [0.05, 0.1) is 6.10 Å². The topological polar surface area (TPSA) is 49.7 Å². The van der Waals surface area contributed by atoms with E-state index in [-0.39, 0.29) is 12.4 Å². The van der Waals surface area contributed by atoms with Crippen molar-refractivity contribution in [2.75, 3.05) is 6.61 Å². The van der Waals surface area contributed by atoms with E-state index >= 15 is 0 Å². The maximum Gasteiger partial charge on any atom is 0.168 e. The summed E-state index contributed by atoms with van der Waals surface area (Å²) in [7, 11) is 0. The number of rotatable bonds is 5. The minimum absolute atomic E-state index is 0.0393. The molecule has 0 aliphatic carbocycles. The summed E-state index contributed by atoms with van der Waals surface area (Å²) in [5.74, 6) is 0.0129. The minimum atomic E-state index is -0.811. The highest BCUT2D eigenvalue weighted by Gasteiger charge is 2.14. The first-order chi connectivity index (χ1) is 9.61. The molecule has 0 aliphatic rings. The molecule has 0 radical (unpaired) electrons. The molecule has 0 aliphatic heterocycles. The van der Waals surface area contributed by atoms with Crippen molar-refractivity contribution >= 4 is 0 Å². The highest BCUT2D eigenvalue weighted by atomic mass is 19.1. The lowest BCUT2D eigenvalue weighted by Crippen LogP contribution is -1.99. The number of aliphatic hydroxyl groups excluding tert-OH is 2. The molecule has 1 atom stereocenters. The van der Waals surface area contributed by atoms with E-state index in [0.29, 0.717) is 17.7 Å². The Morgan fingerprint density at radius 2 is 1.85 bits per heavy atom. The lowest BCUT2D eigenvalue weighted by atomic mass is 10.1. The van der Waals surface area contributed by atoms with E-state index < -0.39 is 11.9 Å². The van der Waals surface area contributed by atoms with Gasteiger partial charge in [0.1, 0.15) is 5.75 Å². The fourth-order valence-corrected chi connectivity index (χ4v) is 1.93. The molecule has 0 aromatic heterocycles. The van der Waals surface area contributed by atoms with Crippen LogP contribution in [0.25, 0.3) is 0 Å². The number of hydrogen-bond acceptors (Lipinski definition) is 3. The van der Waals surface area contributed by atoms with Crippen molar-refractivity contribution in [1.29, 1.82) is 0 Å². The van der Waals surface area contributed by atoms with Crippen LogP contribution in [0.4, 0.5) is 4.39 Å². The van der Waals surface area contributed by atoms with Crippen LogP contribution in [0.15, 0.2) is 42.5 Å². The third kappa shape index (κ3) is 3.35. The second kappa shape index (κ2) is 6.50. The molecule has 0 saturated heterocycles. The predicted molar refractivity (Wildman–Crippen MR) is 74.3 cm³/mol. The smallest absolute Gasteiger partial charge is 0.168 e. The number of para-hydroxylation sites is 1. The Balaban J connectivity index is 2.25. The van der Waals surface area contributed by atoms with Crippen molar-refractivity contribution in [3.05, 3.63) is 59.4 Å². The Morgan fingerprint density at radius 1 is 1.15 bits per heavy atom. The third-order valence-electron chi connectivity index (χ3n) is 2.99. The van der Waals surface area contributed by atoms with Gasteiger partial charge in [-0.05, 0) is 37.1 Å². The number of ether oxygens (including phenoxy) is 1. The average Bonchev–Trinajstić information content (AvgIpc) is 2.43. The van der Waals surface area contributed by atoms with E-state index in [4.69, 9.17) is 9.84 Å². The van der Waals surface area contributed by atoms with E-state index in [2.05, 4.69) is 0 Å². The van der Waals surface area contributed by atoms with Gasteiger partial charge in [-0.25, -0.2) is 4.39 Å². The summed E-state index contributed by atoms with van der Waals surface area (Å²) in [4.78, 5) is 0. The van der Waals surface area contributed by atoms with E-state index in [1.54, 1.807) is 25.1 Å². The maximum atomic E-state index is 13.8. The van der Waals surface area contributed by atoms with E-state index in [9.17, 15) is 9.50 Å². The van der Waals surface area contributed by atoms with Crippen molar-refractivity contribution in [3.8, 4) is 11.5 Å². The number of benzene rings is 2. The number of hydrogen-bond donors (Lipinski definition) is 2. The summed E-state index contributed by atoms with van der Waals surface area (Å²) in [6.45, 7) is 1.64. The van der Waals surface area contributed by atoms with Gasteiger partial charge >= 0.3 is 0 Å². The van der Waals surface area contributed by atoms with Gasteiger partial charge in [0.2, 0.25) is 0 Å². The van der Waals surface area contributed by atoms with Crippen molar-refractivity contribution in [2.45, 2.75) is 19.4 Å². The fraction of sp³-hybridized carbons (Fsp3) is 0.250. The number of halogens is 1. The molecule has 2 aromatic rings. The van der Waals surface area contributed by atoms with Crippen LogP contribution >= 0.6 is 0 Å². The average molecular weight is 276 g/mol. The van der Waals surface area contributed by atoms with Crippen molar-refractivity contribution in [1.82, 2.24) is 0 Å². The van der Waals surface area contributed by atoms with Gasteiger partial charge < -0.3 is 14.9 Å². The summed E-state index contributed by atoms with van der Waals surface area (Å²) < 4.78 is 19.4. The van der Waals surface area contributed by atoms with Gasteiger partial charge in [-0.2, -0.15) is 0 Å². The third-order valence-corrected chi connectivity index (χ3v) is 2.99. The molecule has 0 heterocycles. The molecule has 3 nitrogen and oxygen atoms in total. The molecule has 0 amide bonds. The molecular weight excluding hydrogens is 259 g/mol. The zero-order chi connectivity index (χ0) is 14.5. The van der Waals surface area contributed by atoms with Crippen LogP contribution in [-0.4, -0.2) is 16.8 Å². The zero-order valence-corrected chi connectivity index (χ0v) is 11.2. The van der Waals surface area contributed by atoms with E-state index in [1.807, 2.05) is 12.1 Å². The largest absolute Gasteiger partial charge is 0.454 e. The maximum absolute atomic E-state index is 13.8. The molecule has 0 unspecified atom stereocenters. The molecule has 0 fully saturated rings. The molecule has 20 heavy (non-hydrogen) atoms. The standard InChI is InChI=1S/C16H17FO3/c1-11(19)14-3-2-4-15(17)16(14)20-13-7-5-12(6-8-13)9-10-18/h2-8,11,18-19H,9-10H2,1H3/t11-/m0/s1. The van der Waals surface area contributed by atoms with Crippen LogP contribution in [0.2, 0.25) is 0 Å². The van der Waals surface area contributed by atoms with Crippen molar-refractivity contribution in [2.24, 2.45) is 0 Å². The van der Waals surface area contributed by atoms with Crippen LogP contribution in [0.3, 0.4) is 0 Å². The predicted octanol–water partition coefficient (Wildman–Crippen LogP) is 3.21. The number of aliphatic hydroxyl groups is 2. The van der Waals surface area contributed by atoms with Crippen LogP contribution in [0.5, 0.6) is 11.5 Å². The summed E-state index contributed by atoms with van der Waals surface area (Å²) in [6, 6.07) is 11.5. The summed E-state index contributed by atoms with van der Waals surface area (Å²) in [5.41, 5.74) is 1.38. The second-order valence-corrected chi connectivity index (χ2v) is 4.55. The van der Waals surface area contributed by atoms with Crippen molar-refractivity contribution in [3.63, 3.8) is 0 Å². The van der Waals surface area contributed by atoms with Gasteiger partial charge in [-0.15, -0.1) is 0 Å². The van der Waals surface area contributed by atoms with Gasteiger partial charge in [-0.3, -0.25) is 0 Å². The van der Waals surface area contributed by atoms with Crippen LogP contribution < -0.4 is 4.74 Å². The first-order valence-corrected chi connectivity index (χ1v) is 6.46. The minimum Gasteiger partial charge on any atom is -0.454 e. The van der Waals surface area contributed by atoms with Gasteiger partial charge in [-0.1, -0.05) is 24.3 Å². The van der Waals surface area contributed by atoms with Gasteiger partial charge in [0, 0.05) is 12.2 Å². The Bertz CT molecular complexity index is 564. The molecule has 0 spiro atoms. The Morgan fingerprint density at radius 3 is 2.45 bits per heavy atom. The van der Waals surface area contributed by atoms with E-state index in [0.717, 1.165) is 5.56 Å². The Labute approximate surface area is 117 Å². The monoisotopic (exact) mass is 276 g/mol. The molecule has 106 valence electrons. The Kier molecular flexibility index (Phi) is 4.71. The second-order valence-electron chi connectivity index (χ2n) is 4.55. The highest BCUT2D eigenvalue weighted by Crippen LogP contribution is 2.32. The molecule has 0 saturated carbocycles. The molecule has 4 heteroatoms. The normalized spacial score (nSPS) is 12.2. The molecular formula is C16H17FO3. The summed E-state index contributed by atoms with van der Waals surface area (Å²) in [5, 5.41) is 18.5. The summed E-state index contributed by atoms with van der Waals surface area (Å²) >= 11 is 0. The molecule has 2 rings (SSSR count). The van der Waals surface area contributed by atoms with Crippen LogP contribution in [-0.2, 0) is 6.42 Å². The van der Waals surface area contributed by atoms with Gasteiger partial charge in [0.15, 0.2) is 11.6 Å². The highest BCUT2D eigenvalue weighted by molar-refractivity contribution is 5.40. The van der Waals surface area contributed by atoms with Crippen LogP contribution in [0.1, 0.15) is 24.2 Å². The molecule has 2 N–H and O–H groups in total. The lowest BCUT2D eigenvalue weighted by Gasteiger charge is -2.14. The van der Waals surface area contributed by atoms with Gasteiger partial charge in [0.25, 0.3) is 0 Å². The quantitative estimate of drug-likeness (QED) is 0.881. The van der Waals surface area contributed by atoms with E-state index in [1.165, 1.54) is 12.1 Å². The first kappa shape index (κ1) is 14.5.